The van der Waals surface area contributed by atoms with Crippen LogP contribution in [0.4, 0.5) is 16.5 Å². The van der Waals surface area contributed by atoms with Gasteiger partial charge in [0.15, 0.2) is 5.13 Å². The van der Waals surface area contributed by atoms with Crippen LogP contribution < -0.4 is 21.4 Å². The Kier molecular flexibility index (Phi) is 4.06. The summed E-state index contributed by atoms with van der Waals surface area (Å²) in [6.07, 6.45) is 0. The summed E-state index contributed by atoms with van der Waals surface area (Å²) in [4.78, 5) is 16.9. The third-order valence-electron chi connectivity index (χ3n) is 3.95. The van der Waals surface area contributed by atoms with E-state index < -0.39 is 5.63 Å². The lowest BCUT2D eigenvalue weighted by atomic mass is 10.1. The summed E-state index contributed by atoms with van der Waals surface area (Å²) in [5.74, 6) is 0.750. The predicted octanol–water partition coefficient (Wildman–Crippen LogP) is 4.25. The highest BCUT2D eigenvalue weighted by Gasteiger charge is 2.19. The number of nitrogen functional groups attached to an aromatic ring is 1. The maximum atomic E-state index is 12.7. The van der Waals surface area contributed by atoms with E-state index in [4.69, 9.17) is 14.9 Å². The number of ether oxygens (including phenoxy) is 1. The molecule has 0 bridgehead atoms. The van der Waals surface area contributed by atoms with Crippen LogP contribution in [0.15, 0.2) is 63.1 Å². The van der Waals surface area contributed by atoms with E-state index in [1.807, 2.05) is 42.5 Å². The molecule has 3 N–H and O–H groups in total. The maximum absolute atomic E-state index is 12.7. The third kappa shape index (κ3) is 2.89. The van der Waals surface area contributed by atoms with E-state index in [2.05, 4.69) is 10.3 Å². The second-order valence-electron chi connectivity index (χ2n) is 5.56. The van der Waals surface area contributed by atoms with Crippen LogP contribution in [0.3, 0.4) is 0 Å². The number of thiazole rings is 1. The van der Waals surface area contributed by atoms with Crippen molar-refractivity contribution in [2.24, 2.45) is 0 Å². The van der Waals surface area contributed by atoms with Crippen molar-refractivity contribution < 1.29 is 9.15 Å². The molecule has 26 heavy (non-hydrogen) atoms. The molecule has 0 unspecified atom stereocenters. The van der Waals surface area contributed by atoms with Gasteiger partial charge >= 0.3 is 5.63 Å². The Morgan fingerprint density at radius 1 is 1.15 bits per heavy atom. The Hall–Kier alpha value is -3.32. The molecular weight excluding hydrogens is 350 g/mol. The van der Waals surface area contributed by atoms with E-state index in [0.717, 1.165) is 16.8 Å². The Balaban J connectivity index is 1.93. The van der Waals surface area contributed by atoms with Gasteiger partial charge in [-0.25, -0.2) is 9.78 Å². The molecule has 0 fully saturated rings. The Morgan fingerprint density at radius 3 is 2.62 bits per heavy atom. The van der Waals surface area contributed by atoms with Gasteiger partial charge in [0.05, 0.1) is 18.5 Å². The van der Waals surface area contributed by atoms with Crippen molar-refractivity contribution >= 4 is 38.8 Å². The monoisotopic (exact) mass is 365 g/mol. The molecule has 0 radical (unpaired) electrons. The Morgan fingerprint density at radius 2 is 1.92 bits per heavy atom. The molecule has 0 aliphatic rings. The summed E-state index contributed by atoms with van der Waals surface area (Å²) in [7, 11) is 1.61. The number of benzene rings is 2. The number of fused-ring (bicyclic) bond motifs is 1. The fourth-order valence-corrected chi connectivity index (χ4v) is 3.29. The van der Waals surface area contributed by atoms with E-state index in [1.165, 1.54) is 11.3 Å². The zero-order valence-electron chi connectivity index (χ0n) is 13.9. The highest BCUT2D eigenvalue weighted by atomic mass is 32.1. The standard InChI is InChI=1S/C19H15N3O3S/c1-24-12-8-6-11(7-9-12)21-17-13-4-2-3-5-15(13)25-18(23)16(17)14-10-26-19(20)22-14/h2-10,21H,1H3,(H2,20,22). The number of nitrogens with zero attached hydrogens (tertiary/aromatic N) is 1. The summed E-state index contributed by atoms with van der Waals surface area (Å²) in [6.45, 7) is 0. The van der Waals surface area contributed by atoms with Crippen molar-refractivity contribution in [1.29, 1.82) is 0 Å². The van der Waals surface area contributed by atoms with Gasteiger partial charge in [0.25, 0.3) is 0 Å². The number of hydrogen-bond donors (Lipinski definition) is 2. The highest BCUT2D eigenvalue weighted by Crippen LogP contribution is 2.35. The Labute approximate surface area is 152 Å². The van der Waals surface area contributed by atoms with Gasteiger partial charge in [-0.3, -0.25) is 0 Å². The first-order chi connectivity index (χ1) is 12.7. The zero-order valence-corrected chi connectivity index (χ0v) is 14.7. The van der Waals surface area contributed by atoms with Crippen LogP contribution in [0.25, 0.3) is 22.2 Å². The van der Waals surface area contributed by atoms with Gasteiger partial charge in [-0.2, -0.15) is 0 Å². The van der Waals surface area contributed by atoms with Crippen LogP contribution in [0.2, 0.25) is 0 Å². The molecule has 6 nitrogen and oxygen atoms in total. The molecule has 2 heterocycles. The van der Waals surface area contributed by atoms with Crippen molar-refractivity contribution in [1.82, 2.24) is 4.98 Å². The van der Waals surface area contributed by atoms with Gasteiger partial charge < -0.3 is 20.2 Å². The van der Waals surface area contributed by atoms with Crippen molar-refractivity contribution in [3.05, 3.63) is 64.3 Å². The van der Waals surface area contributed by atoms with Crippen molar-refractivity contribution in [3.8, 4) is 17.0 Å². The van der Waals surface area contributed by atoms with Gasteiger partial charge in [0, 0.05) is 16.5 Å². The average molecular weight is 365 g/mol. The van der Waals surface area contributed by atoms with Crippen molar-refractivity contribution in [2.45, 2.75) is 0 Å². The normalized spacial score (nSPS) is 10.8. The maximum Gasteiger partial charge on any atom is 0.347 e. The molecule has 7 heteroatoms. The lowest BCUT2D eigenvalue weighted by molar-refractivity contribution is 0.415. The first-order valence-electron chi connectivity index (χ1n) is 7.84. The summed E-state index contributed by atoms with van der Waals surface area (Å²) >= 11 is 1.28. The minimum atomic E-state index is -0.468. The second kappa shape index (κ2) is 6.53. The third-order valence-corrected chi connectivity index (χ3v) is 4.62. The van der Waals surface area contributed by atoms with E-state index >= 15 is 0 Å². The fourth-order valence-electron chi connectivity index (χ4n) is 2.73. The number of methoxy groups -OCH3 is 1. The fraction of sp³-hybridized carbons (Fsp3) is 0.0526. The molecule has 4 aromatic rings. The number of nitrogens with one attached hydrogen (secondary N) is 1. The zero-order chi connectivity index (χ0) is 18.1. The molecule has 130 valence electrons. The van der Waals surface area contributed by atoms with Crippen LogP contribution in [0, 0.1) is 0 Å². The van der Waals surface area contributed by atoms with Crippen LogP contribution in [-0.4, -0.2) is 12.1 Å². The molecular formula is C19H15N3O3S. The van der Waals surface area contributed by atoms with Gasteiger partial charge in [-0.15, -0.1) is 11.3 Å². The van der Waals surface area contributed by atoms with E-state index in [-0.39, 0.29) is 0 Å². The minimum Gasteiger partial charge on any atom is -0.497 e. The average Bonchev–Trinajstić information content (AvgIpc) is 3.08. The van der Waals surface area contributed by atoms with Gasteiger partial charge in [0.2, 0.25) is 0 Å². The summed E-state index contributed by atoms with van der Waals surface area (Å²) in [5, 5.41) is 6.24. The van der Waals surface area contributed by atoms with Crippen LogP contribution in [-0.2, 0) is 0 Å². The van der Waals surface area contributed by atoms with Crippen LogP contribution >= 0.6 is 11.3 Å². The first kappa shape index (κ1) is 16.2. The number of aromatic nitrogens is 1. The first-order valence-corrected chi connectivity index (χ1v) is 8.72. The summed E-state index contributed by atoms with van der Waals surface area (Å²) in [6, 6.07) is 14.8. The molecule has 0 aliphatic heterocycles. The quantitative estimate of drug-likeness (QED) is 0.526. The number of hydrogen-bond acceptors (Lipinski definition) is 7. The van der Waals surface area contributed by atoms with Crippen molar-refractivity contribution in [3.63, 3.8) is 0 Å². The Bertz CT molecular complexity index is 1130. The lowest BCUT2D eigenvalue weighted by Crippen LogP contribution is -2.08. The smallest absolute Gasteiger partial charge is 0.347 e. The lowest BCUT2D eigenvalue weighted by Gasteiger charge is -2.13. The minimum absolute atomic E-state index is 0.354. The molecule has 2 aromatic carbocycles. The largest absolute Gasteiger partial charge is 0.497 e. The van der Waals surface area contributed by atoms with E-state index in [1.54, 1.807) is 18.6 Å². The molecule has 0 spiro atoms. The van der Waals surface area contributed by atoms with E-state index in [0.29, 0.717) is 27.7 Å². The van der Waals surface area contributed by atoms with Gasteiger partial charge in [0.1, 0.15) is 16.9 Å². The SMILES string of the molecule is COc1ccc(Nc2c(-c3csc(N)n3)c(=O)oc3ccccc23)cc1. The molecule has 0 atom stereocenters. The predicted molar refractivity (Wildman–Crippen MR) is 104 cm³/mol. The van der Waals surface area contributed by atoms with Crippen LogP contribution in [0.5, 0.6) is 5.75 Å². The summed E-state index contributed by atoms with van der Waals surface area (Å²) < 4.78 is 10.7. The number of anilines is 3. The number of para-hydroxylation sites is 1. The van der Waals surface area contributed by atoms with Crippen LogP contribution in [0.1, 0.15) is 0 Å². The highest BCUT2D eigenvalue weighted by molar-refractivity contribution is 7.13. The molecule has 4 rings (SSSR count). The second-order valence-corrected chi connectivity index (χ2v) is 6.45. The molecule has 2 aromatic heterocycles. The van der Waals surface area contributed by atoms with Gasteiger partial charge in [-0.05, 0) is 36.4 Å². The number of nitrogens with two attached hydrogens (primary N) is 1. The molecule has 0 aliphatic carbocycles. The molecule has 0 saturated carbocycles. The molecule has 0 saturated heterocycles. The van der Waals surface area contributed by atoms with Gasteiger partial charge in [-0.1, -0.05) is 12.1 Å². The van der Waals surface area contributed by atoms with Crippen molar-refractivity contribution in [2.75, 3.05) is 18.2 Å². The van der Waals surface area contributed by atoms with E-state index in [9.17, 15) is 4.79 Å². The topological polar surface area (TPSA) is 90.4 Å². The molecule has 0 amide bonds. The summed E-state index contributed by atoms with van der Waals surface area (Å²) in [5.41, 5.74) is 8.07. The number of rotatable bonds is 4.